The molecule has 0 aliphatic carbocycles. The third kappa shape index (κ3) is 5.51. The molecular formula is C7H17NO3S. The first-order valence-electron chi connectivity index (χ1n) is 4.03. The monoisotopic (exact) mass is 195 g/mol. The maximum atomic E-state index is 10.5. The molecule has 0 aliphatic rings. The molecule has 0 rings (SSSR count). The van der Waals surface area contributed by atoms with Crippen LogP contribution in [0.15, 0.2) is 0 Å². The van der Waals surface area contributed by atoms with Crippen LogP contribution in [0.4, 0.5) is 0 Å². The van der Waals surface area contributed by atoms with E-state index in [0.29, 0.717) is 12.5 Å². The van der Waals surface area contributed by atoms with E-state index in [1.807, 2.05) is 0 Å². The fourth-order valence-corrected chi connectivity index (χ4v) is 1.01. The lowest BCUT2D eigenvalue weighted by atomic mass is 10.1. The standard InChI is InChI=1S/C7H17NO3S/c1-6(2)4-5-8-7(3)12(9,10)11/h6-8H,4-5H2,1-3H3,(H,9,10,11). The van der Waals surface area contributed by atoms with Crippen LogP contribution in [0.5, 0.6) is 0 Å². The molecule has 0 radical (unpaired) electrons. The zero-order chi connectivity index (χ0) is 9.78. The smallest absolute Gasteiger partial charge is 0.280 e. The number of hydrogen-bond donors (Lipinski definition) is 2. The molecule has 0 bridgehead atoms. The molecule has 0 fully saturated rings. The van der Waals surface area contributed by atoms with Crippen molar-refractivity contribution < 1.29 is 13.0 Å². The molecule has 74 valence electrons. The molecule has 0 saturated carbocycles. The number of nitrogens with one attached hydrogen (secondary N) is 1. The van der Waals surface area contributed by atoms with Crippen LogP contribution in [0, 0.1) is 5.92 Å². The lowest BCUT2D eigenvalue weighted by Gasteiger charge is -2.11. The molecule has 2 N–H and O–H groups in total. The Morgan fingerprint density at radius 2 is 1.83 bits per heavy atom. The molecule has 0 aliphatic heterocycles. The van der Waals surface area contributed by atoms with Crippen LogP contribution in [0.3, 0.4) is 0 Å². The SMILES string of the molecule is CC(C)CCNC(C)S(=O)(=O)O. The molecule has 4 nitrogen and oxygen atoms in total. The Morgan fingerprint density at radius 3 is 2.17 bits per heavy atom. The summed E-state index contributed by atoms with van der Waals surface area (Å²) in [5.41, 5.74) is 0. The molecule has 0 aromatic carbocycles. The van der Waals surface area contributed by atoms with Crippen molar-refractivity contribution in [3.05, 3.63) is 0 Å². The van der Waals surface area contributed by atoms with Gasteiger partial charge in [-0.3, -0.25) is 9.87 Å². The van der Waals surface area contributed by atoms with Gasteiger partial charge in [-0.1, -0.05) is 13.8 Å². The van der Waals surface area contributed by atoms with Crippen molar-refractivity contribution in [1.82, 2.24) is 5.32 Å². The third-order valence-electron chi connectivity index (χ3n) is 1.60. The van der Waals surface area contributed by atoms with Crippen LogP contribution >= 0.6 is 0 Å². The zero-order valence-electron chi connectivity index (χ0n) is 7.74. The third-order valence-corrected chi connectivity index (χ3v) is 2.66. The van der Waals surface area contributed by atoms with Crippen LogP contribution in [-0.2, 0) is 10.1 Å². The summed E-state index contributed by atoms with van der Waals surface area (Å²) in [7, 11) is -3.91. The van der Waals surface area contributed by atoms with Gasteiger partial charge in [-0.15, -0.1) is 0 Å². The highest BCUT2D eigenvalue weighted by molar-refractivity contribution is 7.86. The van der Waals surface area contributed by atoms with Gasteiger partial charge >= 0.3 is 0 Å². The number of rotatable bonds is 5. The van der Waals surface area contributed by atoms with Gasteiger partial charge in [-0.05, 0) is 25.8 Å². The predicted octanol–water partition coefficient (Wildman–Crippen LogP) is 0.856. The van der Waals surface area contributed by atoms with Gasteiger partial charge in [0.05, 0.1) is 0 Å². The van der Waals surface area contributed by atoms with Gasteiger partial charge in [-0.2, -0.15) is 8.42 Å². The topological polar surface area (TPSA) is 66.4 Å². The quantitative estimate of drug-likeness (QED) is 0.638. The van der Waals surface area contributed by atoms with Gasteiger partial charge in [-0.25, -0.2) is 0 Å². The van der Waals surface area contributed by atoms with E-state index in [4.69, 9.17) is 4.55 Å². The molecule has 0 saturated heterocycles. The summed E-state index contributed by atoms with van der Waals surface area (Å²) in [6, 6.07) is 0. The normalized spacial score (nSPS) is 15.1. The molecule has 0 aromatic heterocycles. The Bertz CT molecular complexity index is 211. The Hall–Kier alpha value is -0.130. The van der Waals surface area contributed by atoms with Crippen LogP contribution < -0.4 is 5.32 Å². The van der Waals surface area contributed by atoms with Crippen molar-refractivity contribution in [2.45, 2.75) is 32.6 Å². The second kappa shape index (κ2) is 4.79. The Kier molecular flexibility index (Phi) is 4.74. The fraction of sp³-hybridized carbons (Fsp3) is 1.00. The summed E-state index contributed by atoms with van der Waals surface area (Å²) in [6.45, 7) is 6.15. The second-order valence-electron chi connectivity index (χ2n) is 3.29. The van der Waals surface area contributed by atoms with Gasteiger partial charge in [0.1, 0.15) is 5.37 Å². The largest absolute Gasteiger partial charge is 0.299 e. The van der Waals surface area contributed by atoms with E-state index in [2.05, 4.69) is 19.2 Å². The van der Waals surface area contributed by atoms with E-state index in [9.17, 15) is 8.42 Å². The first-order chi connectivity index (χ1) is 5.34. The predicted molar refractivity (Wildman–Crippen MR) is 48.5 cm³/mol. The maximum absolute atomic E-state index is 10.5. The van der Waals surface area contributed by atoms with Crippen molar-refractivity contribution in [2.24, 2.45) is 5.92 Å². The van der Waals surface area contributed by atoms with E-state index >= 15 is 0 Å². The van der Waals surface area contributed by atoms with Crippen molar-refractivity contribution in [3.8, 4) is 0 Å². The molecule has 5 heteroatoms. The Labute approximate surface area is 74.1 Å². The highest BCUT2D eigenvalue weighted by atomic mass is 32.2. The van der Waals surface area contributed by atoms with E-state index in [1.165, 1.54) is 6.92 Å². The highest BCUT2D eigenvalue weighted by Gasteiger charge is 2.15. The van der Waals surface area contributed by atoms with Gasteiger partial charge in [0.2, 0.25) is 0 Å². The minimum absolute atomic E-state index is 0.533. The van der Waals surface area contributed by atoms with Gasteiger partial charge in [0, 0.05) is 0 Å². The van der Waals surface area contributed by atoms with Gasteiger partial charge in [0.15, 0.2) is 0 Å². The molecule has 1 unspecified atom stereocenters. The Morgan fingerprint density at radius 1 is 1.33 bits per heavy atom. The molecule has 0 heterocycles. The fourth-order valence-electron chi connectivity index (χ4n) is 0.681. The summed E-state index contributed by atoms with van der Waals surface area (Å²) in [5.74, 6) is 0.533. The van der Waals surface area contributed by atoms with Crippen molar-refractivity contribution in [1.29, 1.82) is 0 Å². The number of hydrogen-bond acceptors (Lipinski definition) is 3. The average Bonchev–Trinajstić information content (AvgIpc) is 1.84. The summed E-state index contributed by atoms with van der Waals surface area (Å²) in [6.07, 6.45) is 0.903. The molecule has 0 amide bonds. The zero-order valence-corrected chi connectivity index (χ0v) is 8.56. The minimum Gasteiger partial charge on any atom is -0.299 e. The molecular weight excluding hydrogens is 178 g/mol. The van der Waals surface area contributed by atoms with E-state index in [1.54, 1.807) is 0 Å². The molecule has 1 atom stereocenters. The Balaban J connectivity index is 3.66. The van der Waals surface area contributed by atoms with Gasteiger partial charge in [0.25, 0.3) is 10.1 Å². The maximum Gasteiger partial charge on any atom is 0.280 e. The average molecular weight is 195 g/mol. The van der Waals surface area contributed by atoms with Crippen molar-refractivity contribution >= 4 is 10.1 Å². The minimum atomic E-state index is -3.91. The van der Waals surface area contributed by atoms with Crippen LogP contribution in [0.25, 0.3) is 0 Å². The van der Waals surface area contributed by atoms with Gasteiger partial charge < -0.3 is 0 Å². The van der Waals surface area contributed by atoms with E-state index in [-0.39, 0.29) is 0 Å². The summed E-state index contributed by atoms with van der Waals surface area (Å²) >= 11 is 0. The molecule has 12 heavy (non-hydrogen) atoms. The van der Waals surface area contributed by atoms with Crippen molar-refractivity contribution in [3.63, 3.8) is 0 Å². The molecule has 0 spiro atoms. The van der Waals surface area contributed by atoms with Crippen LogP contribution in [0.1, 0.15) is 27.2 Å². The lowest BCUT2D eigenvalue weighted by molar-refractivity contribution is 0.447. The highest BCUT2D eigenvalue weighted by Crippen LogP contribution is 1.98. The lowest BCUT2D eigenvalue weighted by Crippen LogP contribution is -2.34. The first kappa shape index (κ1) is 11.9. The van der Waals surface area contributed by atoms with Crippen molar-refractivity contribution in [2.75, 3.05) is 6.54 Å². The first-order valence-corrected chi connectivity index (χ1v) is 5.54. The summed E-state index contributed by atoms with van der Waals surface area (Å²) in [5, 5.41) is 1.85. The van der Waals surface area contributed by atoms with E-state index < -0.39 is 15.5 Å². The summed E-state index contributed by atoms with van der Waals surface area (Å²) in [4.78, 5) is 0. The summed E-state index contributed by atoms with van der Waals surface area (Å²) < 4.78 is 29.6. The van der Waals surface area contributed by atoms with Crippen LogP contribution in [0.2, 0.25) is 0 Å². The van der Waals surface area contributed by atoms with E-state index in [0.717, 1.165) is 6.42 Å². The molecule has 0 aromatic rings. The van der Waals surface area contributed by atoms with Crippen LogP contribution in [-0.4, -0.2) is 24.9 Å². The second-order valence-corrected chi connectivity index (χ2v) is 5.03.